The predicted molar refractivity (Wildman–Crippen MR) is 90.6 cm³/mol. The highest BCUT2D eigenvalue weighted by Gasteiger charge is 2.14. The minimum Gasteiger partial charge on any atom is -0.507 e. The summed E-state index contributed by atoms with van der Waals surface area (Å²) < 4.78 is 5.84. The van der Waals surface area contributed by atoms with Gasteiger partial charge in [0.15, 0.2) is 6.61 Å². The zero-order chi connectivity index (χ0) is 17.0. The number of aryl methyl sites for hydroxylation is 2. The molecule has 0 radical (unpaired) electrons. The monoisotopic (exact) mass is 377 g/mol. The fourth-order valence-electron chi connectivity index (χ4n) is 1.98. The van der Waals surface area contributed by atoms with E-state index in [-0.39, 0.29) is 11.3 Å². The number of rotatable bonds is 4. The maximum absolute atomic E-state index is 11.9. The number of hydrogen-bond acceptors (Lipinski definition) is 4. The van der Waals surface area contributed by atoms with Crippen molar-refractivity contribution >= 4 is 33.5 Å². The summed E-state index contributed by atoms with van der Waals surface area (Å²) in [7, 11) is 0. The molecule has 0 aliphatic carbocycles. The van der Waals surface area contributed by atoms with Gasteiger partial charge in [-0.2, -0.15) is 0 Å². The molecule has 0 atom stereocenters. The van der Waals surface area contributed by atoms with Crippen molar-refractivity contribution in [2.75, 3.05) is 11.9 Å². The Morgan fingerprint density at radius 3 is 2.57 bits per heavy atom. The van der Waals surface area contributed by atoms with Crippen LogP contribution >= 0.6 is 15.9 Å². The van der Waals surface area contributed by atoms with Crippen molar-refractivity contribution in [3.8, 4) is 5.75 Å². The van der Waals surface area contributed by atoms with E-state index >= 15 is 0 Å². The SMILES string of the molecule is Cc1ccc(C(=O)OCC(=O)Nc2ccc(Br)cc2C)c(O)c1. The average molecular weight is 378 g/mol. The van der Waals surface area contributed by atoms with Crippen molar-refractivity contribution in [2.45, 2.75) is 13.8 Å². The molecule has 2 aromatic carbocycles. The van der Waals surface area contributed by atoms with E-state index in [1.54, 1.807) is 25.1 Å². The number of phenolic OH excluding ortho intramolecular Hbond substituents is 1. The van der Waals surface area contributed by atoms with Crippen molar-refractivity contribution in [3.05, 3.63) is 57.6 Å². The van der Waals surface area contributed by atoms with Gasteiger partial charge in [0.05, 0.1) is 0 Å². The zero-order valence-corrected chi connectivity index (χ0v) is 14.3. The third kappa shape index (κ3) is 4.56. The van der Waals surface area contributed by atoms with E-state index in [0.717, 1.165) is 15.6 Å². The molecule has 6 heteroatoms. The topological polar surface area (TPSA) is 75.6 Å². The first-order valence-corrected chi connectivity index (χ1v) is 7.69. The smallest absolute Gasteiger partial charge is 0.342 e. The van der Waals surface area contributed by atoms with E-state index in [0.29, 0.717) is 5.69 Å². The van der Waals surface area contributed by atoms with Gasteiger partial charge in [-0.15, -0.1) is 0 Å². The van der Waals surface area contributed by atoms with Crippen LogP contribution in [0.4, 0.5) is 5.69 Å². The fraction of sp³-hybridized carbons (Fsp3) is 0.176. The van der Waals surface area contributed by atoms with Crippen LogP contribution in [-0.4, -0.2) is 23.6 Å². The number of carbonyl (C=O) groups excluding carboxylic acids is 2. The van der Waals surface area contributed by atoms with Crippen LogP contribution in [0.1, 0.15) is 21.5 Å². The first kappa shape index (κ1) is 17.0. The summed E-state index contributed by atoms with van der Waals surface area (Å²) in [5.41, 5.74) is 2.38. The highest BCUT2D eigenvalue weighted by Crippen LogP contribution is 2.21. The molecule has 2 aromatic rings. The van der Waals surface area contributed by atoms with Gasteiger partial charge in [0.25, 0.3) is 5.91 Å². The molecule has 0 aliphatic heterocycles. The zero-order valence-electron chi connectivity index (χ0n) is 12.7. The lowest BCUT2D eigenvalue weighted by molar-refractivity contribution is -0.119. The third-order valence-electron chi connectivity index (χ3n) is 3.17. The van der Waals surface area contributed by atoms with Crippen LogP contribution in [0, 0.1) is 13.8 Å². The Bertz CT molecular complexity index is 758. The fourth-order valence-corrected chi connectivity index (χ4v) is 2.45. The van der Waals surface area contributed by atoms with Crippen LogP contribution in [0.3, 0.4) is 0 Å². The van der Waals surface area contributed by atoms with Gasteiger partial charge in [-0.05, 0) is 55.3 Å². The van der Waals surface area contributed by atoms with Crippen LogP contribution in [0.25, 0.3) is 0 Å². The molecular formula is C17H16BrNO4. The molecule has 0 unspecified atom stereocenters. The molecule has 0 spiro atoms. The normalized spacial score (nSPS) is 10.2. The van der Waals surface area contributed by atoms with E-state index in [1.807, 2.05) is 13.0 Å². The van der Waals surface area contributed by atoms with Crippen LogP contribution in [0.5, 0.6) is 5.75 Å². The number of esters is 1. The molecule has 5 nitrogen and oxygen atoms in total. The molecule has 120 valence electrons. The molecule has 0 heterocycles. The number of carbonyl (C=O) groups is 2. The maximum Gasteiger partial charge on any atom is 0.342 e. The summed E-state index contributed by atoms with van der Waals surface area (Å²) in [5, 5.41) is 12.4. The van der Waals surface area contributed by atoms with Crippen molar-refractivity contribution in [1.82, 2.24) is 0 Å². The molecule has 0 aliphatic rings. The first-order chi connectivity index (χ1) is 10.9. The summed E-state index contributed by atoms with van der Waals surface area (Å²) >= 11 is 3.34. The number of hydrogen-bond donors (Lipinski definition) is 2. The maximum atomic E-state index is 11.9. The van der Waals surface area contributed by atoms with E-state index in [1.165, 1.54) is 12.1 Å². The largest absolute Gasteiger partial charge is 0.507 e. The number of amides is 1. The third-order valence-corrected chi connectivity index (χ3v) is 3.66. The lowest BCUT2D eigenvalue weighted by Gasteiger charge is -2.10. The standard InChI is InChI=1S/C17H16BrNO4/c1-10-3-5-13(15(20)7-10)17(22)23-9-16(21)19-14-6-4-12(18)8-11(14)2/h3-8,20H,9H2,1-2H3,(H,19,21). The number of halogens is 1. The number of aromatic hydroxyl groups is 1. The van der Waals surface area contributed by atoms with Gasteiger partial charge in [-0.1, -0.05) is 22.0 Å². The summed E-state index contributed by atoms with van der Waals surface area (Å²) in [6, 6.07) is 10.0. The molecule has 0 fully saturated rings. The Hall–Kier alpha value is -2.34. The van der Waals surface area contributed by atoms with E-state index in [9.17, 15) is 14.7 Å². The van der Waals surface area contributed by atoms with Gasteiger partial charge in [0.2, 0.25) is 0 Å². The van der Waals surface area contributed by atoms with E-state index in [4.69, 9.17) is 4.74 Å². The molecule has 0 saturated carbocycles. The highest BCUT2D eigenvalue weighted by atomic mass is 79.9. The van der Waals surface area contributed by atoms with Crippen LogP contribution < -0.4 is 5.32 Å². The first-order valence-electron chi connectivity index (χ1n) is 6.89. The minimum atomic E-state index is -0.745. The van der Waals surface area contributed by atoms with Crippen molar-refractivity contribution in [3.63, 3.8) is 0 Å². The Kier molecular flexibility index (Phi) is 5.39. The Balaban J connectivity index is 1.94. The molecule has 2 rings (SSSR count). The summed E-state index contributed by atoms with van der Waals surface area (Å²) in [5.74, 6) is -1.36. The summed E-state index contributed by atoms with van der Waals surface area (Å²) in [6.07, 6.45) is 0. The van der Waals surface area contributed by atoms with Crippen LogP contribution in [0.15, 0.2) is 40.9 Å². The van der Waals surface area contributed by atoms with Gasteiger partial charge in [0, 0.05) is 10.2 Å². The van der Waals surface area contributed by atoms with Crippen molar-refractivity contribution < 1.29 is 19.4 Å². The average Bonchev–Trinajstić information content (AvgIpc) is 2.48. The molecular weight excluding hydrogens is 362 g/mol. The Morgan fingerprint density at radius 2 is 1.91 bits per heavy atom. The van der Waals surface area contributed by atoms with Gasteiger partial charge in [0.1, 0.15) is 11.3 Å². The number of nitrogens with one attached hydrogen (secondary N) is 1. The highest BCUT2D eigenvalue weighted by molar-refractivity contribution is 9.10. The van der Waals surface area contributed by atoms with E-state index in [2.05, 4.69) is 21.2 Å². The summed E-state index contributed by atoms with van der Waals surface area (Å²) in [6.45, 7) is 3.22. The lowest BCUT2D eigenvalue weighted by atomic mass is 10.1. The second-order valence-corrected chi connectivity index (χ2v) is 6.02. The van der Waals surface area contributed by atoms with Crippen LogP contribution in [0.2, 0.25) is 0 Å². The van der Waals surface area contributed by atoms with Crippen molar-refractivity contribution in [1.29, 1.82) is 0 Å². The Labute approximate surface area is 142 Å². The molecule has 0 saturated heterocycles. The van der Waals surface area contributed by atoms with Gasteiger partial charge < -0.3 is 15.2 Å². The summed E-state index contributed by atoms with van der Waals surface area (Å²) in [4.78, 5) is 23.7. The number of ether oxygens (including phenoxy) is 1. The van der Waals surface area contributed by atoms with Gasteiger partial charge >= 0.3 is 5.97 Å². The molecule has 0 aromatic heterocycles. The lowest BCUT2D eigenvalue weighted by Crippen LogP contribution is -2.21. The second kappa shape index (κ2) is 7.28. The predicted octanol–water partition coefficient (Wildman–Crippen LogP) is 3.57. The molecule has 0 bridgehead atoms. The van der Waals surface area contributed by atoms with E-state index < -0.39 is 18.5 Å². The second-order valence-electron chi connectivity index (χ2n) is 5.10. The number of phenols is 1. The number of anilines is 1. The minimum absolute atomic E-state index is 0.0308. The molecule has 1 amide bonds. The van der Waals surface area contributed by atoms with Gasteiger partial charge in [-0.25, -0.2) is 4.79 Å². The molecule has 23 heavy (non-hydrogen) atoms. The van der Waals surface area contributed by atoms with Gasteiger partial charge in [-0.3, -0.25) is 4.79 Å². The number of benzene rings is 2. The molecule has 2 N–H and O–H groups in total. The van der Waals surface area contributed by atoms with Crippen LogP contribution in [-0.2, 0) is 9.53 Å². The van der Waals surface area contributed by atoms with Crippen molar-refractivity contribution in [2.24, 2.45) is 0 Å². The Morgan fingerprint density at radius 1 is 1.17 bits per heavy atom. The quantitative estimate of drug-likeness (QED) is 0.798.